The Labute approximate surface area is 150 Å². The monoisotopic (exact) mass is 346 g/mol. The van der Waals surface area contributed by atoms with E-state index in [4.69, 9.17) is 0 Å². The number of aliphatic carboxylic acids is 1. The van der Waals surface area contributed by atoms with Gasteiger partial charge in [0, 0.05) is 17.1 Å². The molecule has 1 aromatic rings. The molecule has 25 heavy (non-hydrogen) atoms. The minimum absolute atomic E-state index is 0.0741. The van der Waals surface area contributed by atoms with Gasteiger partial charge in [-0.3, -0.25) is 0 Å². The SMILES string of the molecule is CCCCCc1cc(O)c(C2C=C(C(=O)O)CCC2C(C)C)c(O)c1. The summed E-state index contributed by atoms with van der Waals surface area (Å²) in [5.41, 5.74) is 1.76. The van der Waals surface area contributed by atoms with E-state index in [1.54, 1.807) is 18.2 Å². The van der Waals surface area contributed by atoms with Crippen LogP contribution in [0.25, 0.3) is 0 Å². The predicted molar refractivity (Wildman–Crippen MR) is 99.0 cm³/mol. The Morgan fingerprint density at radius 2 is 1.84 bits per heavy atom. The summed E-state index contributed by atoms with van der Waals surface area (Å²) in [5.74, 6) is -0.507. The maximum atomic E-state index is 11.4. The number of hydrogen-bond donors (Lipinski definition) is 3. The molecule has 0 amide bonds. The zero-order valence-electron chi connectivity index (χ0n) is 15.5. The number of aromatic hydroxyl groups is 2. The lowest BCUT2D eigenvalue weighted by Gasteiger charge is -2.33. The third-order valence-electron chi connectivity index (χ3n) is 5.32. The zero-order chi connectivity index (χ0) is 18.6. The van der Waals surface area contributed by atoms with E-state index >= 15 is 0 Å². The molecular weight excluding hydrogens is 316 g/mol. The van der Waals surface area contributed by atoms with E-state index in [-0.39, 0.29) is 23.3 Å². The Kier molecular flexibility index (Phi) is 6.51. The molecule has 2 atom stereocenters. The van der Waals surface area contributed by atoms with Gasteiger partial charge in [0.05, 0.1) is 0 Å². The fourth-order valence-electron chi connectivity index (χ4n) is 3.89. The number of carbonyl (C=O) groups is 1. The van der Waals surface area contributed by atoms with Gasteiger partial charge in [0.15, 0.2) is 0 Å². The van der Waals surface area contributed by atoms with Crippen LogP contribution in [0.4, 0.5) is 0 Å². The number of aryl methyl sites for hydroxylation is 1. The fourth-order valence-corrected chi connectivity index (χ4v) is 3.89. The summed E-state index contributed by atoms with van der Waals surface area (Å²) in [7, 11) is 0. The Bertz CT molecular complexity index is 622. The summed E-state index contributed by atoms with van der Waals surface area (Å²) in [6.45, 7) is 6.34. The van der Waals surface area contributed by atoms with E-state index in [9.17, 15) is 20.1 Å². The summed E-state index contributed by atoms with van der Waals surface area (Å²) in [6.07, 6.45) is 7.09. The summed E-state index contributed by atoms with van der Waals surface area (Å²) in [6, 6.07) is 3.45. The number of hydrogen-bond acceptors (Lipinski definition) is 3. The van der Waals surface area contributed by atoms with Crippen molar-refractivity contribution in [3.63, 3.8) is 0 Å². The van der Waals surface area contributed by atoms with E-state index in [1.807, 2.05) is 0 Å². The molecule has 0 spiro atoms. The van der Waals surface area contributed by atoms with Crippen LogP contribution >= 0.6 is 0 Å². The van der Waals surface area contributed by atoms with Crippen LogP contribution < -0.4 is 0 Å². The molecule has 0 aromatic heterocycles. The van der Waals surface area contributed by atoms with Crippen LogP contribution in [-0.2, 0) is 11.2 Å². The quantitative estimate of drug-likeness (QED) is 0.608. The summed E-state index contributed by atoms with van der Waals surface area (Å²) >= 11 is 0. The van der Waals surface area contributed by atoms with E-state index < -0.39 is 5.97 Å². The predicted octanol–water partition coefficient (Wildman–Crippen LogP) is 4.99. The number of carboxylic acid groups (broad SMARTS) is 1. The average molecular weight is 346 g/mol. The first kappa shape index (κ1) is 19.4. The van der Waals surface area contributed by atoms with Crippen LogP contribution in [0.3, 0.4) is 0 Å². The van der Waals surface area contributed by atoms with Gasteiger partial charge in [0.1, 0.15) is 11.5 Å². The lowest BCUT2D eigenvalue weighted by molar-refractivity contribution is -0.133. The van der Waals surface area contributed by atoms with Gasteiger partial charge in [-0.05, 0) is 55.2 Å². The van der Waals surface area contributed by atoms with Gasteiger partial charge in [0.25, 0.3) is 0 Å². The molecule has 138 valence electrons. The molecule has 4 nitrogen and oxygen atoms in total. The zero-order valence-corrected chi connectivity index (χ0v) is 15.5. The molecule has 1 aromatic carbocycles. The van der Waals surface area contributed by atoms with Gasteiger partial charge in [-0.25, -0.2) is 4.79 Å². The van der Waals surface area contributed by atoms with E-state index in [0.717, 1.165) is 37.7 Å². The molecule has 0 aliphatic heterocycles. The molecule has 4 heteroatoms. The second-order valence-corrected chi connectivity index (χ2v) is 7.47. The highest BCUT2D eigenvalue weighted by molar-refractivity contribution is 5.87. The number of allylic oxidation sites excluding steroid dienone is 1. The highest BCUT2D eigenvalue weighted by Gasteiger charge is 2.33. The van der Waals surface area contributed by atoms with Crippen molar-refractivity contribution in [2.24, 2.45) is 11.8 Å². The van der Waals surface area contributed by atoms with Crippen molar-refractivity contribution in [1.82, 2.24) is 0 Å². The highest BCUT2D eigenvalue weighted by Crippen LogP contribution is 2.46. The summed E-state index contributed by atoms with van der Waals surface area (Å²) < 4.78 is 0. The van der Waals surface area contributed by atoms with E-state index in [0.29, 0.717) is 23.5 Å². The fraction of sp³-hybridized carbons (Fsp3) is 0.571. The molecule has 0 radical (unpaired) electrons. The largest absolute Gasteiger partial charge is 0.507 e. The standard InChI is InChI=1S/C21H30O4/c1-4-5-6-7-14-10-18(22)20(19(23)11-14)17-12-15(21(24)25)8-9-16(17)13(2)3/h10-13,16-17,22-23H,4-9H2,1-3H3,(H,24,25). The van der Waals surface area contributed by atoms with Crippen molar-refractivity contribution >= 4 is 5.97 Å². The molecule has 2 rings (SSSR count). The van der Waals surface area contributed by atoms with Crippen LogP contribution in [0.5, 0.6) is 11.5 Å². The van der Waals surface area contributed by atoms with Crippen molar-refractivity contribution in [3.8, 4) is 11.5 Å². The lowest BCUT2D eigenvalue weighted by atomic mass is 9.71. The van der Waals surface area contributed by atoms with Gasteiger partial charge < -0.3 is 15.3 Å². The summed E-state index contributed by atoms with van der Waals surface area (Å²) in [5, 5.41) is 30.5. The van der Waals surface area contributed by atoms with Gasteiger partial charge in [0.2, 0.25) is 0 Å². The van der Waals surface area contributed by atoms with E-state index in [1.165, 1.54) is 0 Å². The van der Waals surface area contributed by atoms with E-state index in [2.05, 4.69) is 20.8 Å². The van der Waals surface area contributed by atoms with Crippen LogP contribution in [-0.4, -0.2) is 21.3 Å². The molecule has 2 unspecified atom stereocenters. The first-order valence-corrected chi connectivity index (χ1v) is 9.33. The first-order chi connectivity index (χ1) is 11.8. The minimum Gasteiger partial charge on any atom is -0.507 e. The van der Waals surface area contributed by atoms with Crippen molar-refractivity contribution in [2.45, 2.75) is 65.2 Å². The normalized spacial score (nSPS) is 20.6. The molecule has 0 saturated carbocycles. The van der Waals surface area contributed by atoms with Crippen molar-refractivity contribution in [3.05, 3.63) is 34.9 Å². The second-order valence-electron chi connectivity index (χ2n) is 7.47. The molecule has 1 aliphatic carbocycles. The van der Waals surface area contributed by atoms with Crippen molar-refractivity contribution in [2.75, 3.05) is 0 Å². The van der Waals surface area contributed by atoms with Gasteiger partial charge in [-0.2, -0.15) is 0 Å². The maximum Gasteiger partial charge on any atom is 0.331 e. The Hall–Kier alpha value is -1.97. The number of unbranched alkanes of at least 4 members (excludes halogenated alkanes) is 2. The molecule has 3 N–H and O–H groups in total. The molecule has 0 bridgehead atoms. The average Bonchev–Trinajstić information content (AvgIpc) is 2.54. The van der Waals surface area contributed by atoms with Crippen molar-refractivity contribution in [1.29, 1.82) is 0 Å². The molecule has 0 heterocycles. The Morgan fingerprint density at radius 3 is 2.36 bits per heavy atom. The Balaban J connectivity index is 2.39. The smallest absolute Gasteiger partial charge is 0.331 e. The third kappa shape index (κ3) is 4.56. The molecule has 1 aliphatic rings. The highest BCUT2D eigenvalue weighted by atomic mass is 16.4. The van der Waals surface area contributed by atoms with Crippen LogP contribution in [0.2, 0.25) is 0 Å². The maximum absolute atomic E-state index is 11.4. The number of carboxylic acids is 1. The number of rotatable bonds is 7. The van der Waals surface area contributed by atoms with Gasteiger partial charge in [-0.1, -0.05) is 39.7 Å². The molecule has 0 saturated heterocycles. The lowest BCUT2D eigenvalue weighted by Crippen LogP contribution is -2.23. The summed E-state index contributed by atoms with van der Waals surface area (Å²) in [4.78, 5) is 11.4. The minimum atomic E-state index is -0.914. The Morgan fingerprint density at radius 1 is 1.20 bits per heavy atom. The van der Waals surface area contributed by atoms with Crippen LogP contribution in [0.15, 0.2) is 23.8 Å². The van der Waals surface area contributed by atoms with Crippen LogP contribution in [0, 0.1) is 11.8 Å². The molecular formula is C21H30O4. The number of benzene rings is 1. The number of phenols is 2. The molecule has 0 fully saturated rings. The first-order valence-electron chi connectivity index (χ1n) is 9.33. The van der Waals surface area contributed by atoms with Crippen molar-refractivity contribution < 1.29 is 20.1 Å². The number of phenolic OH excluding ortho intramolecular Hbond substituents is 2. The van der Waals surface area contributed by atoms with Gasteiger partial charge in [-0.15, -0.1) is 0 Å². The van der Waals surface area contributed by atoms with Gasteiger partial charge >= 0.3 is 5.97 Å². The van der Waals surface area contributed by atoms with Crippen LogP contribution in [0.1, 0.15) is 69.9 Å². The second kappa shape index (κ2) is 8.41. The topological polar surface area (TPSA) is 77.8 Å². The third-order valence-corrected chi connectivity index (χ3v) is 5.32.